The van der Waals surface area contributed by atoms with Crippen molar-refractivity contribution >= 4 is 5.97 Å². The van der Waals surface area contributed by atoms with E-state index in [0.717, 1.165) is 11.1 Å². The van der Waals surface area contributed by atoms with Gasteiger partial charge in [-0.2, -0.15) is 0 Å². The average Bonchev–Trinajstić information content (AvgIpc) is 2.40. The normalized spacial score (nSPS) is 10.1. The maximum Gasteiger partial charge on any atom is 0.310 e. The second-order valence-corrected chi connectivity index (χ2v) is 3.95. The molecule has 0 aliphatic heterocycles. The zero-order valence-electron chi connectivity index (χ0n) is 9.80. The second-order valence-electron chi connectivity index (χ2n) is 3.95. The summed E-state index contributed by atoms with van der Waals surface area (Å²) in [6.45, 7) is 0.265. The van der Waals surface area contributed by atoms with Crippen LogP contribution in [0.5, 0.6) is 0 Å². The first-order valence-corrected chi connectivity index (χ1v) is 5.68. The third-order valence-corrected chi connectivity index (χ3v) is 2.50. The van der Waals surface area contributed by atoms with E-state index in [2.05, 4.69) is 0 Å². The van der Waals surface area contributed by atoms with Crippen LogP contribution in [-0.4, -0.2) is 5.97 Å². The summed E-state index contributed by atoms with van der Waals surface area (Å²) in [6, 6.07) is 15.3. The summed E-state index contributed by atoms with van der Waals surface area (Å²) in [6.07, 6.45) is 0.160. The van der Waals surface area contributed by atoms with E-state index in [4.69, 9.17) is 4.74 Å². The van der Waals surface area contributed by atoms with Gasteiger partial charge in [-0.25, -0.2) is 4.39 Å². The van der Waals surface area contributed by atoms with Gasteiger partial charge in [-0.15, -0.1) is 0 Å². The summed E-state index contributed by atoms with van der Waals surface area (Å²) >= 11 is 0. The highest BCUT2D eigenvalue weighted by Gasteiger charge is 2.05. The minimum absolute atomic E-state index is 0.160. The summed E-state index contributed by atoms with van der Waals surface area (Å²) in [5, 5.41) is 0. The van der Waals surface area contributed by atoms with E-state index in [1.165, 1.54) is 12.1 Å². The molecule has 2 aromatic rings. The van der Waals surface area contributed by atoms with Crippen LogP contribution >= 0.6 is 0 Å². The summed E-state index contributed by atoms with van der Waals surface area (Å²) in [4.78, 5) is 11.6. The molecule has 0 aliphatic carbocycles. The highest BCUT2D eigenvalue weighted by atomic mass is 19.1. The van der Waals surface area contributed by atoms with Crippen LogP contribution in [0, 0.1) is 5.82 Å². The van der Waals surface area contributed by atoms with E-state index in [-0.39, 0.29) is 24.8 Å². The molecule has 0 bridgehead atoms. The second kappa shape index (κ2) is 5.96. The Morgan fingerprint density at radius 1 is 0.944 bits per heavy atom. The first kappa shape index (κ1) is 12.3. The van der Waals surface area contributed by atoms with Gasteiger partial charge < -0.3 is 4.74 Å². The lowest BCUT2D eigenvalue weighted by Crippen LogP contribution is -2.07. The fraction of sp³-hybridized carbons (Fsp3) is 0.133. The van der Waals surface area contributed by atoms with Crippen LogP contribution in [0.3, 0.4) is 0 Å². The van der Waals surface area contributed by atoms with Gasteiger partial charge in [0.25, 0.3) is 0 Å². The molecule has 0 N–H and O–H groups in total. The summed E-state index contributed by atoms with van der Waals surface area (Å²) in [5.41, 5.74) is 1.69. The van der Waals surface area contributed by atoms with Gasteiger partial charge in [0.1, 0.15) is 12.4 Å². The van der Waals surface area contributed by atoms with Crippen molar-refractivity contribution in [3.8, 4) is 0 Å². The van der Waals surface area contributed by atoms with Crippen molar-refractivity contribution in [2.24, 2.45) is 0 Å². The molecular weight excluding hydrogens is 231 g/mol. The third-order valence-electron chi connectivity index (χ3n) is 2.50. The molecule has 0 radical (unpaired) electrons. The first-order valence-electron chi connectivity index (χ1n) is 5.68. The molecule has 2 nitrogen and oxygen atoms in total. The molecule has 0 atom stereocenters. The lowest BCUT2D eigenvalue weighted by Gasteiger charge is -2.05. The maximum atomic E-state index is 12.7. The zero-order chi connectivity index (χ0) is 12.8. The standard InChI is InChI=1S/C15H13FO2/c16-14-8-6-12(7-9-14)10-15(17)18-11-13-4-2-1-3-5-13/h1-9H,10-11H2. The largest absolute Gasteiger partial charge is 0.461 e. The van der Waals surface area contributed by atoms with E-state index < -0.39 is 0 Å². The van der Waals surface area contributed by atoms with Crippen molar-refractivity contribution in [3.05, 3.63) is 71.5 Å². The van der Waals surface area contributed by atoms with Gasteiger partial charge in [0.05, 0.1) is 6.42 Å². The van der Waals surface area contributed by atoms with Crippen molar-refractivity contribution in [1.82, 2.24) is 0 Å². The number of hydrogen-bond donors (Lipinski definition) is 0. The highest BCUT2D eigenvalue weighted by Crippen LogP contribution is 2.06. The number of hydrogen-bond acceptors (Lipinski definition) is 2. The van der Waals surface area contributed by atoms with Crippen LogP contribution < -0.4 is 0 Å². The Labute approximate surface area is 105 Å². The predicted molar refractivity (Wildman–Crippen MR) is 66.3 cm³/mol. The Morgan fingerprint density at radius 3 is 2.28 bits per heavy atom. The number of benzene rings is 2. The molecule has 0 saturated carbocycles. The summed E-state index contributed by atoms with van der Waals surface area (Å²) in [5.74, 6) is -0.623. The van der Waals surface area contributed by atoms with Crippen LogP contribution in [0.1, 0.15) is 11.1 Å². The molecule has 0 aromatic heterocycles. The van der Waals surface area contributed by atoms with Crippen molar-refractivity contribution in [3.63, 3.8) is 0 Å². The minimum Gasteiger partial charge on any atom is -0.461 e. The molecule has 0 unspecified atom stereocenters. The van der Waals surface area contributed by atoms with Gasteiger partial charge in [-0.05, 0) is 23.3 Å². The van der Waals surface area contributed by atoms with Crippen LogP contribution in [0.25, 0.3) is 0 Å². The Kier molecular flexibility index (Phi) is 4.07. The molecule has 2 aromatic carbocycles. The average molecular weight is 244 g/mol. The topological polar surface area (TPSA) is 26.3 Å². The molecule has 18 heavy (non-hydrogen) atoms. The lowest BCUT2D eigenvalue weighted by atomic mass is 10.1. The van der Waals surface area contributed by atoms with Crippen LogP contribution in [-0.2, 0) is 22.6 Å². The summed E-state index contributed by atoms with van der Waals surface area (Å²) < 4.78 is 17.8. The Bertz CT molecular complexity index is 506. The SMILES string of the molecule is O=C(Cc1ccc(F)cc1)OCc1ccccc1. The zero-order valence-corrected chi connectivity index (χ0v) is 9.80. The molecule has 3 heteroatoms. The Balaban J connectivity index is 1.84. The van der Waals surface area contributed by atoms with Crippen molar-refractivity contribution in [2.75, 3.05) is 0 Å². The van der Waals surface area contributed by atoms with Crippen molar-refractivity contribution in [2.45, 2.75) is 13.0 Å². The molecule has 92 valence electrons. The molecule has 0 amide bonds. The number of carbonyl (C=O) groups excluding carboxylic acids is 1. The number of esters is 1. The van der Waals surface area contributed by atoms with Crippen LogP contribution in [0.2, 0.25) is 0 Å². The first-order chi connectivity index (χ1) is 8.74. The predicted octanol–water partition coefficient (Wildman–Crippen LogP) is 3.11. The van der Waals surface area contributed by atoms with Gasteiger partial charge in [0, 0.05) is 0 Å². The van der Waals surface area contributed by atoms with Gasteiger partial charge in [-0.1, -0.05) is 42.5 Å². The van der Waals surface area contributed by atoms with Gasteiger partial charge in [0.2, 0.25) is 0 Å². The third kappa shape index (κ3) is 3.70. The molecule has 0 saturated heterocycles. The quantitative estimate of drug-likeness (QED) is 0.772. The van der Waals surface area contributed by atoms with Crippen LogP contribution in [0.15, 0.2) is 54.6 Å². The lowest BCUT2D eigenvalue weighted by molar-refractivity contribution is -0.144. The van der Waals surface area contributed by atoms with E-state index in [0.29, 0.717) is 0 Å². The molecule has 0 spiro atoms. The Morgan fingerprint density at radius 2 is 1.61 bits per heavy atom. The van der Waals surface area contributed by atoms with Gasteiger partial charge >= 0.3 is 5.97 Å². The summed E-state index contributed by atoms with van der Waals surface area (Å²) in [7, 11) is 0. The maximum absolute atomic E-state index is 12.7. The van der Waals surface area contributed by atoms with Crippen molar-refractivity contribution < 1.29 is 13.9 Å². The minimum atomic E-state index is -0.314. The fourth-order valence-corrected chi connectivity index (χ4v) is 1.56. The van der Waals surface area contributed by atoms with E-state index in [1.54, 1.807) is 12.1 Å². The molecule has 2 rings (SSSR count). The van der Waals surface area contributed by atoms with E-state index in [1.807, 2.05) is 30.3 Å². The Hall–Kier alpha value is -2.16. The fourth-order valence-electron chi connectivity index (χ4n) is 1.56. The number of carbonyl (C=O) groups is 1. The van der Waals surface area contributed by atoms with E-state index in [9.17, 15) is 9.18 Å². The highest BCUT2D eigenvalue weighted by molar-refractivity contribution is 5.72. The van der Waals surface area contributed by atoms with Gasteiger partial charge in [0.15, 0.2) is 0 Å². The van der Waals surface area contributed by atoms with Crippen molar-refractivity contribution in [1.29, 1.82) is 0 Å². The van der Waals surface area contributed by atoms with Gasteiger partial charge in [-0.3, -0.25) is 4.79 Å². The van der Waals surface area contributed by atoms with Crippen LogP contribution in [0.4, 0.5) is 4.39 Å². The molecule has 0 heterocycles. The number of ether oxygens (including phenoxy) is 1. The number of halogens is 1. The number of rotatable bonds is 4. The molecule has 0 aliphatic rings. The monoisotopic (exact) mass is 244 g/mol. The smallest absolute Gasteiger partial charge is 0.310 e. The molecular formula is C15H13FO2. The van der Waals surface area contributed by atoms with E-state index >= 15 is 0 Å². The molecule has 0 fully saturated rings.